The molecule has 2 rings (SSSR count). The molecule has 1 heterocycles. The average Bonchev–Trinajstić information content (AvgIpc) is 2.39. The Morgan fingerprint density at radius 3 is 2.53 bits per heavy atom. The van der Waals surface area contributed by atoms with Gasteiger partial charge in [-0.15, -0.1) is 0 Å². The van der Waals surface area contributed by atoms with E-state index in [0.717, 1.165) is 30.0 Å². The highest BCUT2D eigenvalue weighted by atomic mass is 19.4. The van der Waals surface area contributed by atoms with E-state index in [9.17, 15) is 13.2 Å². The molecular weight excluding hydrogens is 257 g/mol. The Morgan fingerprint density at radius 1 is 1.26 bits per heavy atom. The van der Waals surface area contributed by atoms with Crippen molar-refractivity contribution in [2.24, 2.45) is 0 Å². The van der Waals surface area contributed by atoms with Crippen molar-refractivity contribution in [2.45, 2.75) is 31.5 Å². The molecule has 1 aromatic rings. The molecule has 0 saturated carbocycles. The van der Waals surface area contributed by atoms with Gasteiger partial charge >= 0.3 is 6.18 Å². The molecule has 0 radical (unpaired) electrons. The van der Waals surface area contributed by atoms with Crippen LogP contribution in [0.25, 0.3) is 0 Å². The van der Waals surface area contributed by atoms with Gasteiger partial charge in [-0.3, -0.25) is 0 Å². The monoisotopic (exact) mass is 274 g/mol. The van der Waals surface area contributed by atoms with E-state index >= 15 is 0 Å². The van der Waals surface area contributed by atoms with Crippen molar-refractivity contribution in [3.05, 3.63) is 34.9 Å². The zero-order valence-electron chi connectivity index (χ0n) is 10.8. The second-order valence-electron chi connectivity index (χ2n) is 4.73. The third-order valence-electron chi connectivity index (χ3n) is 3.43. The van der Waals surface area contributed by atoms with Gasteiger partial charge in [0.15, 0.2) is 0 Å². The highest BCUT2D eigenvalue weighted by molar-refractivity contribution is 5.36. The van der Waals surface area contributed by atoms with Gasteiger partial charge in [0.25, 0.3) is 0 Å². The Bertz CT molecular complexity index is 423. The van der Waals surface area contributed by atoms with Crippen LogP contribution in [-0.2, 0) is 22.3 Å². The Kier molecular flexibility index (Phi) is 4.47. The highest BCUT2D eigenvalue weighted by Crippen LogP contribution is 2.35. The molecule has 0 unspecified atom stereocenters. The molecule has 106 valence electrons. The van der Waals surface area contributed by atoms with Crippen molar-refractivity contribution in [1.29, 1.82) is 0 Å². The normalized spacial score (nSPS) is 17.7. The molecule has 1 fully saturated rings. The summed E-state index contributed by atoms with van der Waals surface area (Å²) in [6, 6.07) is 3.92. The second-order valence-corrected chi connectivity index (χ2v) is 4.73. The fraction of sp³-hybridized carbons (Fsp3) is 0.571. The van der Waals surface area contributed by atoms with E-state index in [4.69, 9.17) is 9.47 Å². The Balaban J connectivity index is 2.35. The summed E-state index contributed by atoms with van der Waals surface area (Å²) in [6.45, 7) is 1.55. The van der Waals surface area contributed by atoms with Crippen LogP contribution in [0.2, 0.25) is 0 Å². The van der Waals surface area contributed by atoms with Crippen molar-refractivity contribution in [1.82, 2.24) is 0 Å². The van der Waals surface area contributed by atoms with E-state index in [1.165, 1.54) is 12.1 Å². The quantitative estimate of drug-likeness (QED) is 0.835. The largest absolute Gasteiger partial charge is 0.416 e. The lowest BCUT2D eigenvalue weighted by molar-refractivity contribution is -0.137. The maximum atomic E-state index is 12.8. The summed E-state index contributed by atoms with van der Waals surface area (Å²) in [7, 11) is 1.55. The SMILES string of the molecule is COCc1ccc(C(F)(F)F)cc1C1CCOCC1. The predicted octanol–water partition coefficient (Wildman–Crippen LogP) is 3.75. The molecule has 5 heteroatoms. The maximum Gasteiger partial charge on any atom is 0.416 e. The molecule has 0 bridgehead atoms. The van der Waals surface area contributed by atoms with Crippen molar-refractivity contribution in [3.8, 4) is 0 Å². The average molecular weight is 274 g/mol. The van der Waals surface area contributed by atoms with Gasteiger partial charge in [-0.25, -0.2) is 0 Å². The number of hydrogen-bond acceptors (Lipinski definition) is 2. The number of methoxy groups -OCH3 is 1. The van der Waals surface area contributed by atoms with E-state index in [-0.39, 0.29) is 5.92 Å². The van der Waals surface area contributed by atoms with Crippen LogP contribution in [0.3, 0.4) is 0 Å². The molecule has 1 aromatic carbocycles. The van der Waals surface area contributed by atoms with Crippen LogP contribution >= 0.6 is 0 Å². The summed E-state index contributed by atoms with van der Waals surface area (Å²) in [5, 5.41) is 0. The number of benzene rings is 1. The molecule has 0 spiro atoms. The van der Waals surface area contributed by atoms with Crippen LogP contribution in [0, 0.1) is 0 Å². The highest BCUT2D eigenvalue weighted by Gasteiger charge is 2.32. The van der Waals surface area contributed by atoms with Crippen molar-refractivity contribution in [2.75, 3.05) is 20.3 Å². The second kappa shape index (κ2) is 5.92. The number of hydrogen-bond donors (Lipinski definition) is 0. The smallest absolute Gasteiger partial charge is 0.381 e. The summed E-state index contributed by atoms with van der Waals surface area (Å²) in [4.78, 5) is 0. The fourth-order valence-corrected chi connectivity index (χ4v) is 2.45. The van der Waals surface area contributed by atoms with Crippen LogP contribution in [-0.4, -0.2) is 20.3 Å². The molecule has 0 aliphatic carbocycles. The molecule has 1 saturated heterocycles. The van der Waals surface area contributed by atoms with Gasteiger partial charge in [-0.2, -0.15) is 13.2 Å². The first-order chi connectivity index (χ1) is 9.02. The topological polar surface area (TPSA) is 18.5 Å². The molecule has 0 atom stereocenters. The number of rotatable bonds is 3. The molecule has 1 aliphatic heterocycles. The lowest BCUT2D eigenvalue weighted by Crippen LogP contribution is -2.17. The van der Waals surface area contributed by atoms with E-state index < -0.39 is 11.7 Å². The minimum absolute atomic E-state index is 0.126. The number of ether oxygens (including phenoxy) is 2. The lowest BCUT2D eigenvalue weighted by atomic mass is 9.87. The minimum Gasteiger partial charge on any atom is -0.381 e. The fourth-order valence-electron chi connectivity index (χ4n) is 2.45. The summed E-state index contributed by atoms with van der Waals surface area (Å²) < 4.78 is 48.7. The van der Waals surface area contributed by atoms with E-state index in [0.29, 0.717) is 19.8 Å². The van der Waals surface area contributed by atoms with E-state index in [1.807, 2.05) is 0 Å². The van der Waals surface area contributed by atoms with Gasteiger partial charge < -0.3 is 9.47 Å². The summed E-state index contributed by atoms with van der Waals surface area (Å²) in [6.07, 6.45) is -2.78. The number of halogens is 3. The Labute approximate surface area is 110 Å². The van der Waals surface area contributed by atoms with E-state index in [1.54, 1.807) is 7.11 Å². The van der Waals surface area contributed by atoms with Gasteiger partial charge in [0.05, 0.1) is 12.2 Å². The van der Waals surface area contributed by atoms with Crippen LogP contribution in [0.5, 0.6) is 0 Å². The first-order valence-electron chi connectivity index (χ1n) is 6.29. The Hall–Kier alpha value is -1.07. The first kappa shape index (κ1) is 14.3. The van der Waals surface area contributed by atoms with Crippen LogP contribution < -0.4 is 0 Å². The molecule has 1 aliphatic rings. The molecule has 0 amide bonds. The van der Waals surface area contributed by atoms with Gasteiger partial charge in [-0.05, 0) is 42.0 Å². The summed E-state index contributed by atoms with van der Waals surface area (Å²) in [5.74, 6) is 0.126. The molecule has 19 heavy (non-hydrogen) atoms. The zero-order chi connectivity index (χ0) is 13.9. The van der Waals surface area contributed by atoms with Crippen LogP contribution in [0.4, 0.5) is 13.2 Å². The van der Waals surface area contributed by atoms with Crippen LogP contribution in [0.15, 0.2) is 18.2 Å². The molecule has 0 N–H and O–H groups in total. The van der Waals surface area contributed by atoms with Gasteiger partial charge in [0.2, 0.25) is 0 Å². The maximum absolute atomic E-state index is 12.8. The lowest BCUT2D eigenvalue weighted by Gasteiger charge is -2.25. The predicted molar refractivity (Wildman–Crippen MR) is 65.0 cm³/mol. The van der Waals surface area contributed by atoms with Crippen molar-refractivity contribution < 1.29 is 22.6 Å². The van der Waals surface area contributed by atoms with Crippen molar-refractivity contribution >= 4 is 0 Å². The van der Waals surface area contributed by atoms with Crippen LogP contribution in [0.1, 0.15) is 35.4 Å². The molecule has 2 nitrogen and oxygen atoms in total. The third kappa shape index (κ3) is 3.48. The molecular formula is C14H17F3O2. The Morgan fingerprint density at radius 2 is 1.95 bits per heavy atom. The van der Waals surface area contributed by atoms with Gasteiger partial charge in [0, 0.05) is 20.3 Å². The molecule has 0 aromatic heterocycles. The summed E-state index contributed by atoms with van der Waals surface area (Å²) in [5.41, 5.74) is 0.996. The zero-order valence-corrected chi connectivity index (χ0v) is 10.8. The van der Waals surface area contributed by atoms with E-state index in [2.05, 4.69) is 0 Å². The van der Waals surface area contributed by atoms with Crippen molar-refractivity contribution in [3.63, 3.8) is 0 Å². The first-order valence-corrected chi connectivity index (χ1v) is 6.29. The summed E-state index contributed by atoms with van der Waals surface area (Å²) >= 11 is 0. The minimum atomic E-state index is -4.30. The number of alkyl halides is 3. The van der Waals surface area contributed by atoms with Gasteiger partial charge in [-0.1, -0.05) is 6.07 Å². The third-order valence-corrected chi connectivity index (χ3v) is 3.43. The van der Waals surface area contributed by atoms with Gasteiger partial charge in [0.1, 0.15) is 0 Å². The standard InChI is InChI=1S/C14H17F3O2/c1-18-9-11-2-3-12(14(15,16)17)8-13(11)10-4-6-19-7-5-10/h2-3,8,10H,4-7,9H2,1H3.